The number of ether oxygens (including phenoxy) is 1. The normalized spacial score (nSPS) is 8.88. The number of rotatable bonds is 2. The molecule has 0 fully saturated rings. The Bertz CT molecular complexity index is 404. The number of pyridine rings is 1. The van der Waals surface area contributed by atoms with Gasteiger partial charge in [0, 0.05) is 13.3 Å². The van der Waals surface area contributed by atoms with E-state index < -0.39 is 0 Å². The van der Waals surface area contributed by atoms with Gasteiger partial charge in [0.1, 0.15) is 11.5 Å². The Balaban J connectivity index is 0.000000811. The third kappa shape index (κ3) is 3.61. The van der Waals surface area contributed by atoms with Crippen molar-refractivity contribution in [1.82, 2.24) is 4.98 Å². The maximum absolute atomic E-state index is 5.55. The molecule has 0 amide bonds. The molecule has 0 radical (unpaired) electrons. The molecule has 0 bridgehead atoms. The minimum absolute atomic E-state index is 0. The summed E-state index contributed by atoms with van der Waals surface area (Å²) in [5, 5.41) is 0. The van der Waals surface area contributed by atoms with Gasteiger partial charge in [-0.1, -0.05) is 13.8 Å². The Kier molecular flexibility index (Phi) is 4.86. The molecular weight excluding hydrogens is 200 g/mol. The first kappa shape index (κ1) is 12.0. The third-order valence-electron chi connectivity index (χ3n) is 1.75. The predicted octanol–water partition coefficient (Wildman–Crippen LogP) is 3.73. The lowest BCUT2D eigenvalue weighted by atomic mass is 10.3. The minimum atomic E-state index is 0. The van der Waals surface area contributed by atoms with Crippen LogP contribution in [0.2, 0.25) is 0 Å². The number of nitrogens with zero attached hydrogens (tertiary/aromatic N) is 1. The van der Waals surface area contributed by atoms with E-state index in [0.717, 1.165) is 17.2 Å². The Morgan fingerprint density at radius 3 is 2.31 bits per heavy atom. The van der Waals surface area contributed by atoms with Gasteiger partial charge in [0.2, 0.25) is 0 Å². The molecule has 0 spiro atoms. The number of aromatic nitrogens is 1. The molecule has 1 aromatic carbocycles. The lowest BCUT2D eigenvalue weighted by Gasteiger charge is -2.04. The van der Waals surface area contributed by atoms with E-state index in [2.05, 4.69) is 4.98 Å². The molecule has 0 saturated heterocycles. The fraction of sp³-hybridized carbons (Fsp3) is 0.154. The molecule has 0 aliphatic rings. The number of benzene rings is 1. The smallest absolute Gasteiger partial charge is 0.145 e. The average Bonchev–Trinajstić information content (AvgIpc) is 2.36. The van der Waals surface area contributed by atoms with Crippen LogP contribution in [0.1, 0.15) is 15.3 Å². The van der Waals surface area contributed by atoms with Gasteiger partial charge in [0.05, 0.1) is 6.20 Å². The monoisotopic (exact) mass is 218 g/mol. The molecule has 2 rings (SSSR count). The Morgan fingerprint density at radius 1 is 1.06 bits per heavy atom. The summed E-state index contributed by atoms with van der Waals surface area (Å²) in [5.74, 6) is 1.48. The van der Waals surface area contributed by atoms with Crippen molar-refractivity contribution < 1.29 is 6.16 Å². The van der Waals surface area contributed by atoms with E-state index in [4.69, 9.17) is 10.5 Å². The molecule has 0 unspecified atom stereocenters. The lowest BCUT2D eigenvalue weighted by molar-refractivity contribution is 0.480. The van der Waals surface area contributed by atoms with Crippen LogP contribution in [-0.2, 0) is 0 Å². The minimum Gasteiger partial charge on any atom is -0.456 e. The van der Waals surface area contributed by atoms with E-state index in [1.165, 1.54) is 0 Å². The van der Waals surface area contributed by atoms with Gasteiger partial charge >= 0.3 is 0 Å². The van der Waals surface area contributed by atoms with Crippen LogP contribution in [0.5, 0.6) is 11.5 Å². The highest BCUT2D eigenvalue weighted by Crippen LogP contribution is 2.20. The molecule has 1 heterocycles. The first-order valence-corrected chi connectivity index (χ1v) is 5.28. The standard InChI is InChI=1S/C11H10N2O.C2H6.H2/c12-9-3-5-10(6-4-9)14-11-2-1-7-13-8-11;1-2;/h1-8H,12H2;1-2H3;1H. The third-order valence-corrected chi connectivity index (χ3v) is 1.75. The van der Waals surface area contributed by atoms with E-state index >= 15 is 0 Å². The number of hydrogen-bond acceptors (Lipinski definition) is 3. The Labute approximate surface area is 97.4 Å². The summed E-state index contributed by atoms with van der Waals surface area (Å²) >= 11 is 0. The second-order valence-corrected chi connectivity index (χ2v) is 2.86. The van der Waals surface area contributed by atoms with Crippen LogP contribution < -0.4 is 10.5 Å². The Morgan fingerprint density at radius 2 is 1.75 bits per heavy atom. The molecule has 3 heteroatoms. The number of nitrogens with two attached hydrogens (primary N) is 1. The van der Waals surface area contributed by atoms with E-state index in [1.807, 2.05) is 38.1 Å². The largest absolute Gasteiger partial charge is 0.456 e. The number of hydrogen-bond donors (Lipinski definition) is 1. The molecule has 0 atom stereocenters. The van der Waals surface area contributed by atoms with Crippen LogP contribution in [0.25, 0.3) is 0 Å². The quantitative estimate of drug-likeness (QED) is 0.781. The van der Waals surface area contributed by atoms with E-state index in [-0.39, 0.29) is 1.43 Å². The van der Waals surface area contributed by atoms with Crippen molar-refractivity contribution in [3.05, 3.63) is 48.8 Å². The SMILES string of the molecule is CC.Nc1ccc(Oc2cccnc2)cc1.[HH]. The van der Waals surface area contributed by atoms with Crippen molar-refractivity contribution in [2.75, 3.05) is 5.73 Å². The molecule has 0 aliphatic heterocycles. The first-order valence-electron chi connectivity index (χ1n) is 5.28. The lowest BCUT2D eigenvalue weighted by Crippen LogP contribution is -1.86. The highest BCUT2D eigenvalue weighted by atomic mass is 16.5. The summed E-state index contributed by atoms with van der Waals surface area (Å²) in [5.41, 5.74) is 6.28. The predicted molar refractivity (Wildman–Crippen MR) is 68.6 cm³/mol. The van der Waals surface area contributed by atoms with Gasteiger partial charge in [-0.05, 0) is 36.4 Å². The van der Waals surface area contributed by atoms with Crippen LogP contribution in [0.3, 0.4) is 0 Å². The highest BCUT2D eigenvalue weighted by molar-refractivity contribution is 5.42. The second-order valence-electron chi connectivity index (χ2n) is 2.86. The summed E-state index contributed by atoms with van der Waals surface area (Å²) in [7, 11) is 0. The van der Waals surface area contributed by atoms with Crippen LogP contribution in [0, 0.1) is 0 Å². The van der Waals surface area contributed by atoms with Crippen molar-refractivity contribution in [2.45, 2.75) is 13.8 Å². The van der Waals surface area contributed by atoms with Crippen LogP contribution in [0.15, 0.2) is 48.8 Å². The van der Waals surface area contributed by atoms with Crippen LogP contribution in [-0.4, -0.2) is 4.98 Å². The molecule has 86 valence electrons. The summed E-state index contributed by atoms with van der Waals surface area (Å²) in [4.78, 5) is 3.95. The molecule has 2 aromatic rings. The average molecular weight is 218 g/mol. The fourth-order valence-corrected chi connectivity index (χ4v) is 1.08. The molecule has 0 aliphatic carbocycles. The van der Waals surface area contributed by atoms with Gasteiger partial charge in [-0.15, -0.1) is 0 Å². The van der Waals surface area contributed by atoms with Crippen LogP contribution in [0.4, 0.5) is 5.69 Å². The van der Waals surface area contributed by atoms with Crippen molar-refractivity contribution in [3.63, 3.8) is 0 Å². The zero-order chi connectivity index (χ0) is 11.8. The van der Waals surface area contributed by atoms with Crippen LogP contribution >= 0.6 is 0 Å². The summed E-state index contributed by atoms with van der Waals surface area (Å²) in [6.45, 7) is 4.00. The van der Waals surface area contributed by atoms with Crippen molar-refractivity contribution in [2.24, 2.45) is 0 Å². The molecule has 0 saturated carbocycles. The molecule has 2 N–H and O–H groups in total. The van der Waals surface area contributed by atoms with Gasteiger partial charge < -0.3 is 10.5 Å². The molecular formula is C13H18N2O. The summed E-state index contributed by atoms with van der Waals surface area (Å²) in [6.07, 6.45) is 3.37. The van der Waals surface area contributed by atoms with Gasteiger partial charge in [0.25, 0.3) is 0 Å². The van der Waals surface area contributed by atoms with E-state index in [9.17, 15) is 0 Å². The van der Waals surface area contributed by atoms with Crippen molar-refractivity contribution in [1.29, 1.82) is 0 Å². The topological polar surface area (TPSA) is 48.1 Å². The van der Waals surface area contributed by atoms with E-state index in [1.54, 1.807) is 24.5 Å². The van der Waals surface area contributed by atoms with E-state index in [0.29, 0.717) is 0 Å². The Hall–Kier alpha value is -2.03. The maximum atomic E-state index is 5.55. The van der Waals surface area contributed by atoms with Gasteiger partial charge in [0.15, 0.2) is 0 Å². The molecule has 1 aromatic heterocycles. The second kappa shape index (κ2) is 6.45. The van der Waals surface area contributed by atoms with Crippen molar-refractivity contribution >= 4 is 5.69 Å². The molecule has 16 heavy (non-hydrogen) atoms. The first-order chi connectivity index (χ1) is 7.84. The summed E-state index contributed by atoms with van der Waals surface area (Å²) < 4.78 is 5.52. The molecule has 3 nitrogen and oxygen atoms in total. The zero-order valence-electron chi connectivity index (χ0n) is 9.55. The van der Waals surface area contributed by atoms with Gasteiger partial charge in [-0.25, -0.2) is 0 Å². The maximum Gasteiger partial charge on any atom is 0.145 e. The van der Waals surface area contributed by atoms with Crippen molar-refractivity contribution in [3.8, 4) is 11.5 Å². The fourth-order valence-electron chi connectivity index (χ4n) is 1.08. The number of nitrogen functional groups attached to an aromatic ring is 1. The number of anilines is 1. The van der Waals surface area contributed by atoms with Gasteiger partial charge in [-0.2, -0.15) is 0 Å². The zero-order valence-corrected chi connectivity index (χ0v) is 9.55. The van der Waals surface area contributed by atoms with Gasteiger partial charge in [-0.3, -0.25) is 4.98 Å². The summed E-state index contributed by atoms with van der Waals surface area (Å²) in [6, 6.07) is 10.9. The highest BCUT2D eigenvalue weighted by Gasteiger charge is 1.95.